The minimum Gasteiger partial charge on any atom is -0.444 e. The van der Waals surface area contributed by atoms with Crippen LogP contribution in [0.1, 0.15) is 73.1 Å². The maximum absolute atomic E-state index is 14.0. The Labute approximate surface area is 232 Å². The van der Waals surface area contributed by atoms with Gasteiger partial charge in [0.15, 0.2) is 0 Å². The molecular weight excluding hydrogens is 533 g/mol. The quantitative estimate of drug-likeness (QED) is 0.382. The zero-order chi connectivity index (χ0) is 30.2. The van der Waals surface area contributed by atoms with Crippen molar-refractivity contribution in [2.75, 3.05) is 13.6 Å². The molecule has 40 heavy (non-hydrogen) atoms. The van der Waals surface area contributed by atoms with Crippen LogP contribution in [0.15, 0.2) is 0 Å². The van der Waals surface area contributed by atoms with Crippen LogP contribution in [0.3, 0.4) is 0 Å². The lowest BCUT2D eigenvalue weighted by Crippen LogP contribution is -2.60. The van der Waals surface area contributed by atoms with Crippen LogP contribution in [0.4, 0.5) is 18.0 Å². The predicted molar refractivity (Wildman–Crippen MR) is 138 cm³/mol. The van der Waals surface area contributed by atoms with E-state index in [1.165, 1.54) is 4.90 Å². The number of carbonyl (C=O) groups excluding carboxylic acids is 5. The molecule has 0 aromatic heterocycles. The van der Waals surface area contributed by atoms with Gasteiger partial charge < -0.3 is 25.6 Å². The zero-order valence-corrected chi connectivity index (χ0v) is 23.9. The Hall–Kier alpha value is -2.86. The molecule has 3 fully saturated rings. The topological polar surface area (TPSA) is 134 Å². The van der Waals surface area contributed by atoms with Crippen LogP contribution in [0.25, 0.3) is 0 Å². The molecule has 1 saturated heterocycles. The van der Waals surface area contributed by atoms with Crippen molar-refractivity contribution in [1.29, 1.82) is 0 Å². The first-order valence-electron chi connectivity index (χ1n) is 13.8. The number of alkyl carbamates (subject to hydrolysis) is 1. The Kier molecular flexibility index (Phi) is 9.15. The third-order valence-corrected chi connectivity index (χ3v) is 8.34. The highest BCUT2D eigenvalue weighted by Crippen LogP contribution is 2.65. The van der Waals surface area contributed by atoms with E-state index in [1.54, 1.807) is 20.8 Å². The van der Waals surface area contributed by atoms with Crippen molar-refractivity contribution in [3.05, 3.63) is 0 Å². The summed E-state index contributed by atoms with van der Waals surface area (Å²) in [6.45, 7) is 9.07. The molecule has 10 nitrogen and oxygen atoms in total. The number of likely N-dealkylation sites (N-methyl/N-ethyl adjacent to an activating group) is 1. The number of ether oxygens (including phenoxy) is 1. The number of Topliss-reactive ketones (excluding diaryl/α,β-unsaturated/α-hetero) is 1. The number of carbonyl (C=O) groups is 5. The van der Waals surface area contributed by atoms with Crippen molar-refractivity contribution in [3.63, 3.8) is 0 Å². The third kappa shape index (κ3) is 7.25. The average Bonchev–Trinajstić information content (AvgIpc) is 3.16. The summed E-state index contributed by atoms with van der Waals surface area (Å²) in [5.41, 5.74) is -1.17. The summed E-state index contributed by atoms with van der Waals surface area (Å²) in [5.74, 6) is -4.78. The van der Waals surface area contributed by atoms with Crippen molar-refractivity contribution >= 4 is 29.6 Å². The van der Waals surface area contributed by atoms with Gasteiger partial charge in [0.2, 0.25) is 17.6 Å². The van der Waals surface area contributed by atoms with Crippen LogP contribution in [-0.4, -0.2) is 78.0 Å². The molecule has 0 aromatic carbocycles. The molecule has 3 aliphatic rings. The minimum absolute atomic E-state index is 0.0866. The number of ketones is 1. The summed E-state index contributed by atoms with van der Waals surface area (Å²) in [5, 5.41) is 6.82. The second-order valence-electron chi connectivity index (χ2n) is 12.7. The van der Waals surface area contributed by atoms with E-state index >= 15 is 0 Å². The number of fused-ring (bicyclic) bond motifs is 1. The summed E-state index contributed by atoms with van der Waals surface area (Å²) in [7, 11) is 1.10. The fourth-order valence-corrected chi connectivity index (χ4v) is 6.25. The SMILES string of the molecule is CNC(=O)C(=O)C(CC(F)(F)F)NC(=O)[C@@H]1C2C(CN1C(=O)C(NC(=O)OC(C)(C)C)C1CCCCC1)C2(C)C. The first kappa shape index (κ1) is 31.7. The van der Waals surface area contributed by atoms with Gasteiger partial charge in [0.05, 0.1) is 6.42 Å². The highest BCUT2D eigenvalue weighted by molar-refractivity contribution is 6.38. The molecule has 0 radical (unpaired) electrons. The average molecular weight is 575 g/mol. The molecule has 4 amide bonds. The summed E-state index contributed by atoms with van der Waals surface area (Å²) < 4.78 is 45.2. The van der Waals surface area contributed by atoms with Gasteiger partial charge in [-0.05, 0) is 56.8 Å². The third-order valence-electron chi connectivity index (χ3n) is 8.34. The van der Waals surface area contributed by atoms with Gasteiger partial charge in [0, 0.05) is 13.6 Å². The Morgan fingerprint density at radius 1 is 1.00 bits per heavy atom. The van der Waals surface area contributed by atoms with E-state index in [1.807, 2.05) is 19.2 Å². The molecule has 4 unspecified atom stereocenters. The van der Waals surface area contributed by atoms with Gasteiger partial charge in [0.25, 0.3) is 5.91 Å². The number of hydrogen-bond acceptors (Lipinski definition) is 6. The Morgan fingerprint density at radius 2 is 1.60 bits per heavy atom. The summed E-state index contributed by atoms with van der Waals surface area (Å²) >= 11 is 0. The van der Waals surface area contributed by atoms with E-state index < -0.39 is 65.9 Å². The number of amides is 4. The lowest BCUT2D eigenvalue weighted by molar-refractivity contribution is -0.155. The van der Waals surface area contributed by atoms with Gasteiger partial charge in [-0.15, -0.1) is 0 Å². The van der Waals surface area contributed by atoms with Crippen molar-refractivity contribution in [2.45, 2.75) is 103 Å². The first-order chi connectivity index (χ1) is 18.4. The van der Waals surface area contributed by atoms with Crippen LogP contribution in [0.5, 0.6) is 0 Å². The minimum atomic E-state index is -4.84. The molecule has 2 aliphatic carbocycles. The maximum atomic E-state index is 14.0. The molecule has 13 heteroatoms. The van der Waals surface area contributed by atoms with Gasteiger partial charge in [0.1, 0.15) is 23.7 Å². The second kappa shape index (κ2) is 11.6. The molecule has 226 valence electrons. The van der Waals surface area contributed by atoms with E-state index in [9.17, 15) is 37.1 Å². The molecule has 0 aromatic rings. The lowest BCUT2D eigenvalue weighted by atomic mass is 9.83. The van der Waals surface area contributed by atoms with Gasteiger partial charge in [-0.2, -0.15) is 13.2 Å². The number of piperidine rings is 1. The van der Waals surface area contributed by atoms with E-state index in [0.29, 0.717) is 12.8 Å². The normalized spacial score (nSPS) is 25.7. The van der Waals surface area contributed by atoms with Gasteiger partial charge >= 0.3 is 12.3 Å². The largest absolute Gasteiger partial charge is 0.444 e. The van der Waals surface area contributed by atoms with Crippen molar-refractivity contribution in [1.82, 2.24) is 20.9 Å². The maximum Gasteiger partial charge on any atom is 0.408 e. The molecule has 1 aliphatic heterocycles. The number of nitrogens with zero attached hydrogens (tertiary/aromatic N) is 1. The van der Waals surface area contributed by atoms with Gasteiger partial charge in [-0.25, -0.2) is 4.79 Å². The number of alkyl halides is 3. The number of hydrogen-bond donors (Lipinski definition) is 3. The fraction of sp³-hybridized carbons (Fsp3) is 0.815. The van der Waals surface area contributed by atoms with E-state index in [-0.39, 0.29) is 29.7 Å². The van der Waals surface area contributed by atoms with E-state index in [4.69, 9.17) is 4.74 Å². The summed E-state index contributed by atoms with van der Waals surface area (Å²) in [4.78, 5) is 65.8. The van der Waals surface area contributed by atoms with Crippen LogP contribution < -0.4 is 16.0 Å². The monoisotopic (exact) mass is 574 g/mol. The molecular formula is C27H41F3N4O6. The fourth-order valence-electron chi connectivity index (χ4n) is 6.25. The second-order valence-corrected chi connectivity index (χ2v) is 12.7. The molecule has 5 atom stereocenters. The van der Waals surface area contributed by atoms with Crippen LogP contribution in [0, 0.1) is 23.2 Å². The lowest BCUT2D eigenvalue weighted by Gasteiger charge is -2.37. The van der Waals surface area contributed by atoms with Gasteiger partial charge in [-0.3, -0.25) is 19.2 Å². The summed E-state index contributed by atoms with van der Waals surface area (Å²) in [6.07, 6.45) is -3.24. The Morgan fingerprint density at radius 3 is 2.12 bits per heavy atom. The zero-order valence-electron chi connectivity index (χ0n) is 23.9. The van der Waals surface area contributed by atoms with Crippen LogP contribution in [-0.2, 0) is 23.9 Å². The van der Waals surface area contributed by atoms with E-state index in [2.05, 4.69) is 10.6 Å². The first-order valence-corrected chi connectivity index (χ1v) is 13.8. The smallest absolute Gasteiger partial charge is 0.408 e. The molecule has 1 heterocycles. The van der Waals surface area contributed by atoms with Crippen LogP contribution >= 0.6 is 0 Å². The summed E-state index contributed by atoms with van der Waals surface area (Å²) in [6, 6.07) is -4.28. The molecule has 2 saturated carbocycles. The standard InChI is InChI=1S/C27H41F3N4O6/c1-25(2,3)40-24(39)33-18(14-10-8-7-9-11-14)23(38)34-13-15-17(26(15,4)5)19(34)21(36)32-16(12-27(28,29)30)20(35)22(37)31-6/h14-19H,7-13H2,1-6H3,(H,31,37)(H,32,36)(H,33,39)/t15?,16?,17?,18?,19-/m0/s1. The number of rotatable bonds is 8. The Balaban J connectivity index is 1.88. The van der Waals surface area contributed by atoms with Crippen LogP contribution in [0.2, 0.25) is 0 Å². The van der Waals surface area contributed by atoms with Crippen molar-refractivity contribution in [3.8, 4) is 0 Å². The molecule has 0 bridgehead atoms. The number of halogens is 3. The molecule has 3 N–H and O–H groups in total. The molecule has 0 spiro atoms. The van der Waals surface area contributed by atoms with E-state index in [0.717, 1.165) is 26.3 Å². The van der Waals surface area contributed by atoms with Gasteiger partial charge in [-0.1, -0.05) is 33.1 Å². The Bertz CT molecular complexity index is 1020. The van der Waals surface area contributed by atoms with Crippen molar-refractivity contribution < 1.29 is 41.9 Å². The highest BCUT2D eigenvalue weighted by atomic mass is 19.4. The highest BCUT2D eigenvalue weighted by Gasteiger charge is 2.70. The number of likely N-dealkylation sites (tertiary alicyclic amines) is 1. The predicted octanol–water partition coefficient (Wildman–Crippen LogP) is 2.70. The molecule has 3 rings (SSSR count). The van der Waals surface area contributed by atoms with Crippen molar-refractivity contribution in [2.24, 2.45) is 23.2 Å². The number of nitrogens with one attached hydrogen (secondary N) is 3.